The standard InChI is InChI=1S/C14H10O9/c15-7-3-6(4-8(16)11(7)19)14(22)23-12-9(17)1-5(13(20)21)2-10(12)18/h1-4,15-19H,(H,20,21). The second kappa shape index (κ2) is 5.64. The molecule has 0 unspecified atom stereocenters. The zero-order chi connectivity index (χ0) is 17.3. The maximum absolute atomic E-state index is 11.9. The van der Waals surface area contributed by atoms with Gasteiger partial charge in [-0.3, -0.25) is 0 Å². The average Bonchev–Trinajstić information content (AvgIpc) is 2.47. The van der Waals surface area contributed by atoms with Gasteiger partial charge in [0.15, 0.2) is 28.7 Å². The molecule has 2 rings (SSSR count). The summed E-state index contributed by atoms with van der Waals surface area (Å²) in [6, 6.07) is 3.10. The van der Waals surface area contributed by atoms with Gasteiger partial charge in [-0.1, -0.05) is 0 Å². The molecule has 0 saturated heterocycles. The molecule has 9 heteroatoms. The predicted octanol–water partition coefficient (Wildman–Crippen LogP) is 1.13. The van der Waals surface area contributed by atoms with Crippen molar-refractivity contribution in [2.24, 2.45) is 0 Å². The number of esters is 1. The third-order valence-electron chi connectivity index (χ3n) is 2.80. The van der Waals surface area contributed by atoms with E-state index in [4.69, 9.17) is 9.84 Å². The molecule has 0 amide bonds. The minimum Gasteiger partial charge on any atom is -0.504 e. The zero-order valence-electron chi connectivity index (χ0n) is 11.2. The number of carboxylic acid groups (broad SMARTS) is 1. The number of hydrogen-bond donors (Lipinski definition) is 6. The van der Waals surface area contributed by atoms with Crippen LogP contribution in [0.4, 0.5) is 0 Å². The first-order valence-corrected chi connectivity index (χ1v) is 5.97. The smallest absolute Gasteiger partial charge is 0.344 e. The highest BCUT2D eigenvalue weighted by atomic mass is 16.5. The number of benzene rings is 2. The molecule has 0 saturated carbocycles. The minimum absolute atomic E-state index is 0.390. The number of ether oxygens (including phenoxy) is 1. The zero-order valence-corrected chi connectivity index (χ0v) is 11.2. The van der Waals surface area contributed by atoms with Gasteiger partial charge in [0.1, 0.15) is 0 Å². The lowest BCUT2D eigenvalue weighted by molar-refractivity contribution is 0.0695. The Morgan fingerprint density at radius 3 is 1.61 bits per heavy atom. The molecule has 0 bridgehead atoms. The molecule has 0 aliphatic rings. The van der Waals surface area contributed by atoms with Gasteiger partial charge >= 0.3 is 11.9 Å². The minimum atomic E-state index is -1.41. The summed E-state index contributed by atoms with van der Waals surface area (Å²) in [6.07, 6.45) is 0. The van der Waals surface area contributed by atoms with Crippen molar-refractivity contribution in [1.82, 2.24) is 0 Å². The molecular weight excluding hydrogens is 312 g/mol. The first-order valence-electron chi connectivity index (χ1n) is 5.97. The molecular formula is C14H10O9. The summed E-state index contributed by atoms with van der Waals surface area (Å²) in [5.74, 6) is -7.32. The molecule has 0 fully saturated rings. The maximum atomic E-state index is 11.9. The van der Waals surface area contributed by atoms with Crippen LogP contribution in [0.1, 0.15) is 20.7 Å². The normalized spacial score (nSPS) is 10.3. The fourth-order valence-corrected chi connectivity index (χ4v) is 1.70. The van der Waals surface area contributed by atoms with Crippen molar-refractivity contribution in [2.75, 3.05) is 0 Å². The number of carboxylic acids is 1. The van der Waals surface area contributed by atoms with Crippen LogP contribution in [-0.2, 0) is 0 Å². The molecule has 0 atom stereocenters. The van der Waals surface area contributed by atoms with Crippen LogP contribution in [0.3, 0.4) is 0 Å². The van der Waals surface area contributed by atoms with Crippen molar-refractivity contribution in [3.05, 3.63) is 35.4 Å². The van der Waals surface area contributed by atoms with Crippen LogP contribution in [0, 0.1) is 0 Å². The Morgan fingerprint density at radius 2 is 1.17 bits per heavy atom. The molecule has 9 nitrogen and oxygen atoms in total. The number of aromatic hydroxyl groups is 5. The first-order chi connectivity index (χ1) is 10.7. The quantitative estimate of drug-likeness (QED) is 0.276. The lowest BCUT2D eigenvalue weighted by atomic mass is 10.1. The Balaban J connectivity index is 2.36. The molecule has 0 aromatic heterocycles. The van der Waals surface area contributed by atoms with Crippen LogP contribution < -0.4 is 4.74 Å². The van der Waals surface area contributed by atoms with Crippen molar-refractivity contribution in [3.63, 3.8) is 0 Å². The Kier molecular flexibility index (Phi) is 3.86. The van der Waals surface area contributed by atoms with Gasteiger partial charge in [-0.05, 0) is 24.3 Å². The number of carbonyl (C=O) groups is 2. The van der Waals surface area contributed by atoms with Gasteiger partial charge < -0.3 is 35.4 Å². The van der Waals surface area contributed by atoms with Crippen LogP contribution in [0.15, 0.2) is 24.3 Å². The Bertz CT molecular complexity index is 764. The Hall–Kier alpha value is -3.62. The van der Waals surface area contributed by atoms with E-state index in [1.807, 2.05) is 0 Å². The number of hydrogen-bond acceptors (Lipinski definition) is 8. The van der Waals surface area contributed by atoms with E-state index in [0.29, 0.717) is 0 Å². The molecule has 0 heterocycles. The van der Waals surface area contributed by atoms with Gasteiger partial charge in [-0.15, -0.1) is 0 Å². The third kappa shape index (κ3) is 3.02. The van der Waals surface area contributed by atoms with Gasteiger partial charge in [0.05, 0.1) is 11.1 Å². The number of phenols is 5. The molecule has 0 radical (unpaired) electrons. The average molecular weight is 322 g/mol. The topological polar surface area (TPSA) is 165 Å². The largest absolute Gasteiger partial charge is 0.504 e. The van der Waals surface area contributed by atoms with E-state index in [2.05, 4.69) is 0 Å². The van der Waals surface area contributed by atoms with Crippen molar-refractivity contribution >= 4 is 11.9 Å². The van der Waals surface area contributed by atoms with E-state index < -0.39 is 52.0 Å². The molecule has 0 spiro atoms. The highest BCUT2D eigenvalue weighted by Crippen LogP contribution is 2.39. The highest BCUT2D eigenvalue weighted by molar-refractivity contribution is 5.94. The molecule has 2 aromatic carbocycles. The summed E-state index contributed by atoms with van der Waals surface area (Å²) < 4.78 is 4.71. The number of phenolic OH excluding ortho intramolecular Hbond substituents is 5. The van der Waals surface area contributed by atoms with E-state index in [1.165, 1.54) is 0 Å². The van der Waals surface area contributed by atoms with Gasteiger partial charge in [-0.2, -0.15) is 0 Å². The van der Waals surface area contributed by atoms with Crippen LogP contribution >= 0.6 is 0 Å². The fraction of sp³-hybridized carbons (Fsp3) is 0. The number of aromatic carboxylic acids is 1. The second-order valence-electron chi connectivity index (χ2n) is 4.40. The van der Waals surface area contributed by atoms with E-state index >= 15 is 0 Å². The Labute approximate surface area is 127 Å². The lowest BCUT2D eigenvalue weighted by Gasteiger charge is -2.10. The molecule has 0 aliphatic carbocycles. The number of carbonyl (C=O) groups excluding carboxylic acids is 1. The highest BCUT2D eigenvalue weighted by Gasteiger charge is 2.20. The third-order valence-corrected chi connectivity index (χ3v) is 2.80. The van der Waals surface area contributed by atoms with Crippen molar-refractivity contribution in [1.29, 1.82) is 0 Å². The molecule has 0 aliphatic heterocycles. The van der Waals surface area contributed by atoms with Crippen LogP contribution in [-0.4, -0.2) is 42.6 Å². The van der Waals surface area contributed by atoms with E-state index in [-0.39, 0.29) is 5.56 Å². The van der Waals surface area contributed by atoms with Crippen molar-refractivity contribution in [3.8, 4) is 34.5 Å². The van der Waals surface area contributed by atoms with E-state index in [9.17, 15) is 35.1 Å². The summed E-state index contributed by atoms with van der Waals surface area (Å²) in [5, 5.41) is 55.9. The Morgan fingerprint density at radius 1 is 0.739 bits per heavy atom. The maximum Gasteiger partial charge on any atom is 0.344 e. The molecule has 2 aromatic rings. The predicted molar refractivity (Wildman–Crippen MR) is 73.1 cm³/mol. The summed E-state index contributed by atoms with van der Waals surface area (Å²) >= 11 is 0. The lowest BCUT2D eigenvalue weighted by Crippen LogP contribution is -2.09. The van der Waals surface area contributed by atoms with Crippen LogP contribution in [0.2, 0.25) is 0 Å². The molecule has 120 valence electrons. The summed E-state index contributed by atoms with van der Waals surface area (Å²) in [7, 11) is 0. The van der Waals surface area contributed by atoms with E-state index in [1.54, 1.807) is 0 Å². The van der Waals surface area contributed by atoms with E-state index in [0.717, 1.165) is 24.3 Å². The fourth-order valence-electron chi connectivity index (χ4n) is 1.70. The monoisotopic (exact) mass is 322 g/mol. The molecule has 6 N–H and O–H groups in total. The summed E-state index contributed by atoms with van der Waals surface area (Å²) in [4.78, 5) is 22.6. The SMILES string of the molecule is O=C(O)c1cc(O)c(OC(=O)c2cc(O)c(O)c(O)c2)c(O)c1. The van der Waals surface area contributed by atoms with Gasteiger partial charge in [-0.25, -0.2) is 9.59 Å². The van der Waals surface area contributed by atoms with Crippen molar-refractivity contribution in [2.45, 2.75) is 0 Å². The van der Waals surface area contributed by atoms with Crippen LogP contribution in [0.5, 0.6) is 34.5 Å². The van der Waals surface area contributed by atoms with Gasteiger partial charge in [0.2, 0.25) is 5.75 Å². The second-order valence-corrected chi connectivity index (χ2v) is 4.40. The molecule has 23 heavy (non-hydrogen) atoms. The summed E-state index contributed by atoms with van der Waals surface area (Å²) in [5.41, 5.74) is -0.821. The van der Waals surface area contributed by atoms with Crippen molar-refractivity contribution < 1.29 is 45.0 Å². The van der Waals surface area contributed by atoms with Crippen LogP contribution in [0.25, 0.3) is 0 Å². The van der Waals surface area contributed by atoms with Gasteiger partial charge in [0.25, 0.3) is 0 Å². The summed E-state index contributed by atoms with van der Waals surface area (Å²) in [6.45, 7) is 0. The first kappa shape index (κ1) is 15.8. The van der Waals surface area contributed by atoms with Gasteiger partial charge in [0, 0.05) is 0 Å². The number of rotatable bonds is 3.